The van der Waals surface area contributed by atoms with Crippen LogP contribution >= 0.6 is 11.8 Å². The van der Waals surface area contributed by atoms with Gasteiger partial charge in [-0.15, -0.1) is 5.10 Å². The van der Waals surface area contributed by atoms with E-state index in [0.29, 0.717) is 10.8 Å². The SMILES string of the molecule is CCOC(=O)c1cc(NC(=O)CSc2nnnn2C2CCCC2)cc(C(=O)OCC)c1. The van der Waals surface area contributed by atoms with E-state index in [1.165, 1.54) is 30.0 Å². The van der Waals surface area contributed by atoms with Crippen molar-refractivity contribution in [1.82, 2.24) is 20.2 Å². The van der Waals surface area contributed by atoms with Crippen molar-refractivity contribution in [2.75, 3.05) is 24.3 Å². The molecule has 1 aliphatic rings. The summed E-state index contributed by atoms with van der Waals surface area (Å²) < 4.78 is 11.8. The van der Waals surface area contributed by atoms with Gasteiger partial charge in [0.15, 0.2) is 0 Å². The summed E-state index contributed by atoms with van der Waals surface area (Å²) in [7, 11) is 0. The van der Waals surface area contributed by atoms with Crippen LogP contribution < -0.4 is 5.32 Å². The van der Waals surface area contributed by atoms with Crippen LogP contribution in [0.2, 0.25) is 0 Å². The number of nitrogens with zero attached hydrogens (tertiary/aromatic N) is 4. The monoisotopic (exact) mass is 447 g/mol. The molecule has 1 amide bonds. The van der Waals surface area contributed by atoms with Gasteiger partial charge in [-0.05, 0) is 55.3 Å². The number of carbonyl (C=O) groups excluding carboxylic acids is 3. The third kappa shape index (κ3) is 6.03. The van der Waals surface area contributed by atoms with E-state index in [2.05, 4.69) is 20.8 Å². The normalized spacial score (nSPS) is 13.7. The fourth-order valence-corrected chi connectivity index (χ4v) is 4.09. The molecule has 0 unspecified atom stereocenters. The molecule has 0 radical (unpaired) electrons. The highest BCUT2D eigenvalue weighted by atomic mass is 32.2. The lowest BCUT2D eigenvalue weighted by atomic mass is 10.1. The lowest BCUT2D eigenvalue weighted by Crippen LogP contribution is -2.17. The fraction of sp³-hybridized carbons (Fsp3) is 0.500. The van der Waals surface area contributed by atoms with E-state index in [1.54, 1.807) is 18.5 Å². The van der Waals surface area contributed by atoms with E-state index in [9.17, 15) is 14.4 Å². The van der Waals surface area contributed by atoms with Gasteiger partial charge >= 0.3 is 11.9 Å². The predicted octanol–water partition coefficient (Wildman–Crippen LogP) is 2.87. The van der Waals surface area contributed by atoms with Crippen LogP contribution in [0.15, 0.2) is 23.4 Å². The second kappa shape index (κ2) is 10.9. The van der Waals surface area contributed by atoms with Crippen LogP contribution in [-0.2, 0) is 14.3 Å². The zero-order valence-electron chi connectivity index (χ0n) is 17.5. The van der Waals surface area contributed by atoms with Gasteiger partial charge in [0, 0.05) is 5.69 Å². The van der Waals surface area contributed by atoms with Gasteiger partial charge < -0.3 is 14.8 Å². The molecule has 166 valence electrons. The number of hydrogen-bond acceptors (Lipinski definition) is 9. The van der Waals surface area contributed by atoms with E-state index >= 15 is 0 Å². The zero-order chi connectivity index (χ0) is 22.2. The molecule has 0 saturated heterocycles. The molecule has 1 aromatic carbocycles. The average Bonchev–Trinajstić information content (AvgIpc) is 3.44. The number of aromatic nitrogens is 4. The van der Waals surface area contributed by atoms with Crippen LogP contribution in [-0.4, -0.2) is 57.0 Å². The van der Waals surface area contributed by atoms with Gasteiger partial charge in [0.2, 0.25) is 11.1 Å². The number of benzene rings is 1. The molecular formula is C20H25N5O5S. The van der Waals surface area contributed by atoms with E-state index < -0.39 is 11.9 Å². The number of esters is 2. The molecule has 1 saturated carbocycles. The van der Waals surface area contributed by atoms with Crippen LogP contribution in [0.3, 0.4) is 0 Å². The summed E-state index contributed by atoms with van der Waals surface area (Å²) in [6, 6.07) is 4.59. The first-order valence-corrected chi connectivity index (χ1v) is 11.2. The molecule has 1 aliphatic carbocycles. The highest BCUT2D eigenvalue weighted by molar-refractivity contribution is 7.99. The Morgan fingerprint density at radius 1 is 1.06 bits per heavy atom. The maximum atomic E-state index is 12.5. The number of hydrogen-bond donors (Lipinski definition) is 1. The highest BCUT2D eigenvalue weighted by Crippen LogP contribution is 2.31. The lowest BCUT2D eigenvalue weighted by molar-refractivity contribution is -0.113. The summed E-state index contributed by atoms with van der Waals surface area (Å²) in [5, 5.41) is 15.1. The zero-order valence-corrected chi connectivity index (χ0v) is 18.3. The number of carbonyl (C=O) groups is 3. The van der Waals surface area contributed by atoms with E-state index in [4.69, 9.17) is 9.47 Å². The Balaban J connectivity index is 1.69. The maximum Gasteiger partial charge on any atom is 0.338 e. The molecule has 0 bridgehead atoms. The van der Waals surface area contributed by atoms with E-state index in [0.717, 1.165) is 25.7 Å². The molecule has 3 rings (SSSR count). The van der Waals surface area contributed by atoms with Gasteiger partial charge in [-0.1, -0.05) is 24.6 Å². The molecule has 0 aliphatic heterocycles. The molecule has 0 atom stereocenters. The van der Waals surface area contributed by atoms with Crippen molar-refractivity contribution < 1.29 is 23.9 Å². The van der Waals surface area contributed by atoms with Crippen molar-refractivity contribution in [2.45, 2.75) is 50.7 Å². The summed E-state index contributed by atoms with van der Waals surface area (Å²) in [4.78, 5) is 36.8. The Kier molecular flexibility index (Phi) is 7.99. The first-order chi connectivity index (χ1) is 15.0. The van der Waals surface area contributed by atoms with Crippen LogP contribution in [0, 0.1) is 0 Å². The van der Waals surface area contributed by atoms with Crippen LogP contribution in [0.25, 0.3) is 0 Å². The van der Waals surface area contributed by atoms with Crippen molar-refractivity contribution in [1.29, 1.82) is 0 Å². The molecule has 31 heavy (non-hydrogen) atoms. The van der Waals surface area contributed by atoms with Gasteiger partial charge in [-0.25, -0.2) is 14.3 Å². The number of anilines is 1. The second-order valence-electron chi connectivity index (χ2n) is 6.92. The summed E-state index contributed by atoms with van der Waals surface area (Å²) >= 11 is 1.24. The number of nitrogens with one attached hydrogen (secondary N) is 1. The number of tetrazole rings is 1. The Labute approximate surface area is 184 Å². The third-order valence-corrected chi connectivity index (χ3v) is 5.64. The predicted molar refractivity (Wildman–Crippen MR) is 113 cm³/mol. The summed E-state index contributed by atoms with van der Waals surface area (Å²) in [6.07, 6.45) is 4.35. The smallest absolute Gasteiger partial charge is 0.338 e. The van der Waals surface area contributed by atoms with Gasteiger partial charge in [0.25, 0.3) is 0 Å². The summed E-state index contributed by atoms with van der Waals surface area (Å²) in [6.45, 7) is 3.76. The Morgan fingerprint density at radius 3 is 2.26 bits per heavy atom. The molecular weight excluding hydrogens is 422 g/mol. The van der Waals surface area contributed by atoms with Crippen molar-refractivity contribution in [3.63, 3.8) is 0 Å². The molecule has 1 fully saturated rings. The number of ether oxygens (including phenoxy) is 2. The van der Waals surface area contributed by atoms with Crippen LogP contribution in [0.1, 0.15) is 66.3 Å². The van der Waals surface area contributed by atoms with Crippen molar-refractivity contribution in [3.05, 3.63) is 29.3 Å². The van der Waals surface area contributed by atoms with E-state index in [1.807, 2.05) is 0 Å². The molecule has 2 aromatic rings. The van der Waals surface area contributed by atoms with Gasteiger partial charge in [0.1, 0.15) is 0 Å². The number of rotatable bonds is 9. The third-order valence-electron chi connectivity index (χ3n) is 4.70. The number of thioether (sulfide) groups is 1. The average molecular weight is 448 g/mol. The minimum atomic E-state index is -0.589. The quantitative estimate of drug-likeness (QED) is 0.456. The van der Waals surface area contributed by atoms with Gasteiger partial charge in [-0.3, -0.25) is 4.79 Å². The lowest BCUT2D eigenvalue weighted by Gasteiger charge is -2.12. The Hall–Kier alpha value is -2.95. The molecule has 11 heteroatoms. The van der Waals surface area contributed by atoms with Gasteiger partial charge in [0.05, 0.1) is 36.1 Å². The minimum Gasteiger partial charge on any atom is -0.462 e. The first kappa shape index (κ1) is 22.7. The summed E-state index contributed by atoms with van der Waals surface area (Å²) in [5.41, 5.74) is 0.607. The fourth-order valence-electron chi connectivity index (χ4n) is 3.35. The molecule has 1 aromatic heterocycles. The van der Waals surface area contributed by atoms with Crippen LogP contribution in [0.4, 0.5) is 5.69 Å². The first-order valence-electron chi connectivity index (χ1n) is 10.2. The van der Waals surface area contributed by atoms with Crippen molar-refractivity contribution in [2.24, 2.45) is 0 Å². The maximum absolute atomic E-state index is 12.5. The molecule has 10 nitrogen and oxygen atoms in total. The van der Waals surface area contributed by atoms with Gasteiger partial charge in [-0.2, -0.15) is 0 Å². The molecule has 1 N–H and O–H groups in total. The Bertz CT molecular complexity index is 906. The van der Waals surface area contributed by atoms with Crippen molar-refractivity contribution in [3.8, 4) is 0 Å². The van der Waals surface area contributed by atoms with E-state index in [-0.39, 0.29) is 42.0 Å². The van der Waals surface area contributed by atoms with Crippen molar-refractivity contribution >= 4 is 35.3 Å². The van der Waals surface area contributed by atoms with Crippen LogP contribution in [0.5, 0.6) is 0 Å². The Morgan fingerprint density at radius 2 is 1.68 bits per heavy atom. The number of amides is 1. The standard InChI is InChI=1S/C20H25N5O5S/c1-3-29-18(27)13-9-14(19(28)30-4-2)11-15(10-13)21-17(26)12-31-20-22-23-24-25(20)16-7-5-6-8-16/h9-11,16H,3-8,12H2,1-2H3,(H,21,26). The highest BCUT2D eigenvalue weighted by Gasteiger charge is 2.22. The topological polar surface area (TPSA) is 125 Å². The summed E-state index contributed by atoms with van der Waals surface area (Å²) in [5.74, 6) is -1.42. The minimum absolute atomic E-state index is 0.0749. The second-order valence-corrected chi connectivity index (χ2v) is 7.86. The molecule has 0 spiro atoms. The largest absolute Gasteiger partial charge is 0.462 e. The molecule has 1 heterocycles.